The van der Waals surface area contributed by atoms with E-state index in [4.69, 9.17) is 0 Å². The van der Waals surface area contributed by atoms with E-state index in [0.29, 0.717) is 12.4 Å². The van der Waals surface area contributed by atoms with Gasteiger partial charge in [-0.25, -0.2) is 4.98 Å². The smallest absolute Gasteiger partial charge is 0.290 e. The maximum absolute atomic E-state index is 11.7. The van der Waals surface area contributed by atoms with Gasteiger partial charge in [-0.1, -0.05) is 13.8 Å². The Morgan fingerprint density at radius 1 is 1.47 bits per heavy atom. The summed E-state index contributed by atoms with van der Waals surface area (Å²) in [4.78, 5) is 15.7. The molecule has 1 rings (SSSR count). The number of hydrogen-bond acceptors (Lipinski definition) is 4. The lowest BCUT2D eigenvalue weighted by Crippen LogP contribution is -2.39. The van der Waals surface area contributed by atoms with Gasteiger partial charge in [0.05, 0.1) is 6.61 Å². The molecule has 6 nitrogen and oxygen atoms in total. The van der Waals surface area contributed by atoms with Crippen LogP contribution in [-0.4, -0.2) is 39.3 Å². The van der Waals surface area contributed by atoms with Crippen LogP contribution in [0.1, 0.15) is 43.1 Å². The number of aromatic amines is 1. The van der Waals surface area contributed by atoms with E-state index in [-0.39, 0.29) is 23.8 Å². The molecule has 0 saturated carbocycles. The number of aliphatic hydroxyl groups is 1. The predicted molar refractivity (Wildman–Crippen MR) is 63.6 cm³/mol. The lowest BCUT2D eigenvalue weighted by atomic mass is 9.83. The van der Waals surface area contributed by atoms with E-state index in [9.17, 15) is 9.90 Å². The Hall–Kier alpha value is -1.43. The largest absolute Gasteiger partial charge is 0.396 e. The molecule has 0 spiro atoms. The zero-order valence-electron chi connectivity index (χ0n) is 10.6. The maximum atomic E-state index is 11.7. The third-order valence-corrected chi connectivity index (χ3v) is 3.26. The van der Waals surface area contributed by atoms with Crippen molar-refractivity contribution in [1.29, 1.82) is 0 Å². The fourth-order valence-electron chi connectivity index (χ4n) is 1.57. The van der Waals surface area contributed by atoms with Gasteiger partial charge in [-0.3, -0.25) is 9.89 Å². The van der Waals surface area contributed by atoms with E-state index in [1.165, 1.54) is 0 Å². The van der Waals surface area contributed by atoms with E-state index in [1.807, 2.05) is 13.8 Å². The molecular weight excluding hydrogens is 220 g/mol. The van der Waals surface area contributed by atoms with Crippen LogP contribution >= 0.6 is 0 Å². The Morgan fingerprint density at radius 3 is 2.53 bits per heavy atom. The number of nitrogens with one attached hydrogen (secondary N) is 2. The number of aromatic nitrogens is 3. The third kappa shape index (κ3) is 3.26. The number of amides is 1. The fourth-order valence-corrected chi connectivity index (χ4v) is 1.57. The fraction of sp³-hybridized carbons (Fsp3) is 0.727. The highest BCUT2D eigenvalue weighted by atomic mass is 16.3. The van der Waals surface area contributed by atoms with Gasteiger partial charge in [0, 0.05) is 12.0 Å². The number of hydrogen-bond donors (Lipinski definition) is 3. The van der Waals surface area contributed by atoms with E-state index in [0.717, 1.165) is 12.8 Å². The predicted octanol–water partition coefficient (Wildman–Crippen LogP) is 0.642. The zero-order chi connectivity index (χ0) is 12.9. The van der Waals surface area contributed by atoms with Crippen LogP contribution in [0.25, 0.3) is 0 Å². The van der Waals surface area contributed by atoms with Crippen molar-refractivity contribution < 1.29 is 9.90 Å². The van der Waals surface area contributed by atoms with Gasteiger partial charge >= 0.3 is 0 Å². The highest BCUT2D eigenvalue weighted by molar-refractivity contribution is 5.90. The van der Waals surface area contributed by atoms with E-state index in [1.54, 1.807) is 6.92 Å². The van der Waals surface area contributed by atoms with Crippen molar-refractivity contribution in [2.75, 3.05) is 13.2 Å². The van der Waals surface area contributed by atoms with Crippen molar-refractivity contribution in [3.05, 3.63) is 11.6 Å². The second-order valence-corrected chi connectivity index (χ2v) is 4.29. The van der Waals surface area contributed by atoms with Gasteiger partial charge in [-0.15, -0.1) is 5.10 Å². The minimum absolute atomic E-state index is 0.0628. The molecule has 3 N–H and O–H groups in total. The molecular formula is C11H20N4O2. The minimum atomic E-state index is -0.311. The molecule has 6 heteroatoms. The molecule has 0 aromatic carbocycles. The van der Waals surface area contributed by atoms with Gasteiger partial charge in [0.2, 0.25) is 5.82 Å². The summed E-state index contributed by atoms with van der Waals surface area (Å²) in [6.07, 6.45) is 1.63. The second kappa shape index (κ2) is 5.77. The Balaban J connectivity index is 2.58. The second-order valence-electron chi connectivity index (χ2n) is 4.29. The molecule has 1 aromatic rings. The quantitative estimate of drug-likeness (QED) is 0.680. The standard InChI is InChI=1S/C11H20N4O2/c1-4-11(5-2,7-16)6-12-10(17)9-13-8(3)14-15-9/h16H,4-7H2,1-3H3,(H,12,17)(H,13,14,15). The molecule has 0 unspecified atom stereocenters. The molecule has 1 heterocycles. The Morgan fingerprint density at radius 2 is 2.12 bits per heavy atom. The summed E-state index contributed by atoms with van der Waals surface area (Å²) in [5.41, 5.74) is -0.249. The number of nitrogens with zero attached hydrogens (tertiary/aromatic N) is 2. The normalized spacial score (nSPS) is 11.5. The van der Waals surface area contributed by atoms with Gasteiger partial charge < -0.3 is 10.4 Å². The van der Waals surface area contributed by atoms with Crippen molar-refractivity contribution in [3.8, 4) is 0 Å². The number of rotatable bonds is 6. The molecule has 0 radical (unpaired) electrons. The van der Waals surface area contributed by atoms with E-state index >= 15 is 0 Å². The molecule has 0 saturated heterocycles. The first-order valence-corrected chi connectivity index (χ1v) is 5.85. The number of aliphatic hydroxyl groups excluding tert-OH is 1. The van der Waals surface area contributed by atoms with Gasteiger partial charge in [0.1, 0.15) is 5.82 Å². The summed E-state index contributed by atoms with van der Waals surface area (Å²) in [7, 11) is 0. The number of carbonyl (C=O) groups is 1. The lowest BCUT2D eigenvalue weighted by Gasteiger charge is -2.29. The minimum Gasteiger partial charge on any atom is -0.396 e. The molecule has 1 amide bonds. The SMILES string of the molecule is CCC(CC)(CO)CNC(=O)c1n[nH]c(C)n1. The monoisotopic (exact) mass is 240 g/mol. The first-order chi connectivity index (χ1) is 8.06. The summed E-state index contributed by atoms with van der Waals surface area (Å²) in [6.45, 7) is 6.24. The zero-order valence-corrected chi connectivity index (χ0v) is 10.6. The van der Waals surface area contributed by atoms with Gasteiger partial charge in [0.25, 0.3) is 5.91 Å². The first-order valence-electron chi connectivity index (χ1n) is 5.85. The van der Waals surface area contributed by atoms with Gasteiger partial charge in [-0.2, -0.15) is 0 Å². The Kier molecular flexibility index (Phi) is 4.62. The van der Waals surface area contributed by atoms with Crippen LogP contribution in [0.3, 0.4) is 0 Å². The first kappa shape index (κ1) is 13.6. The molecule has 0 aliphatic heterocycles. The molecule has 0 fully saturated rings. The van der Waals surface area contributed by atoms with Crippen molar-refractivity contribution >= 4 is 5.91 Å². The highest BCUT2D eigenvalue weighted by Crippen LogP contribution is 2.24. The molecule has 96 valence electrons. The molecule has 17 heavy (non-hydrogen) atoms. The number of H-pyrrole nitrogens is 1. The summed E-state index contributed by atoms with van der Waals surface area (Å²) < 4.78 is 0. The summed E-state index contributed by atoms with van der Waals surface area (Å²) >= 11 is 0. The Labute approximate surface area is 101 Å². The van der Waals surface area contributed by atoms with Gasteiger partial charge in [0.15, 0.2) is 0 Å². The number of carbonyl (C=O) groups excluding carboxylic acids is 1. The molecule has 0 atom stereocenters. The van der Waals surface area contributed by atoms with Crippen LogP contribution < -0.4 is 5.32 Å². The van der Waals surface area contributed by atoms with Crippen LogP contribution in [-0.2, 0) is 0 Å². The molecule has 0 aliphatic rings. The average Bonchev–Trinajstić information content (AvgIpc) is 2.78. The van der Waals surface area contributed by atoms with Crippen LogP contribution in [0.4, 0.5) is 0 Å². The van der Waals surface area contributed by atoms with Crippen molar-refractivity contribution in [3.63, 3.8) is 0 Å². The van der Waals surface area contributed by atoms with Crippen LogP contribution in [0.2, 0.25) is 0 Å². The average molecular weight is 240 g/mol. The number of aryl methyl sites for hydroxylation is 1. The summed E-state index contributed by atoms with van der Waals surface area (Å²) in [6, 6.07) is 0. The van der Waals surface area contributed by atoms with Crippen LogP contribution in [0.15, 0.2) is 0 Å². The molecule has 1 aromatic heterocycles. The van der Waals surface area contributed by atoms with E-state index in [2.05, 4.69) is 20.5 Å². The highest BCUT2D eigenvalue weighted by Gasteiger charge is 2.26. The van der Waals surface area contributed by atoms with Crippen molar-refractivity contribution in [2.45, 2.75) is 33.6 Å². The van der Waals surface area contributed by atoms with E-state index < -0.39 is 0 Å². The van der Waals surface area contributed by atoms with Crippen LogP contribution in [0, 0.1) is 12.3 Å². The van der Waals surface area contributed by atoms with Crippen molar-refractivity contribution in [1.82, 2.24) is 20.5 Å². The maximum Gasteiger partial charge on any atom is 0.290 e. The summed E-state index contributed by atoms with van der Waals surface area (Å²) in [5, 5.41) is 18.5. The topological polar surface area (TPSA) is 90.9 Å². The molecule has 0 bridgehead atoms. The lowest BCUT2D eigenvalue weighted by molar-refractivity contribution is 0.0842. The summed E-state index contributed by atoms with van der Waals surface area (Å²) in [5.74, 6) is 0.435. The van der Waals surface area contributed by atoms with Crippen LogP contribution in [0.5, 0.6) is 0 Å². The Bertz CT molecular complexity index is 363. The van der Waals surface area contributed by atoms with Gasteiger partial charge in [-0.05, 0) is 19.8 Å². The molecule has 0 aliphatic carbocycles. The third-order valence-electron chi connectivity index (χ3n) is 3.26. The van der Waals surface area contributed by atoms with Crippen molar-refractivity contribution in [2.24, 2.45) is 5.41 Å².